The number of aliphatic hydroxyl groups is 1. The topological polar surface area (TPSA) is 305 Å². The summed E-state index contributed by atoms with van der Waals surface area (Å²) in [5.41, 5.74) is 1.35. The number of piperidine rings is 1. The summed E-state index contributed by atoms with van der Waals surface area (Å²) in [4.78, 5) is 167. The van der Waals surface area contributed by atoms with Crippen LogP contribution in [0.1, 0.15) is 145 Å². The molecule has 0 aromatic heterocycles. The van der Waals surface area contributed by atoms with Crippen molar-refractivity contribution in [2.75, 3.05) is 33.7 Å². The van der Waals surface area contributed by atoms with E-state index < -0.39 is 144 Å². The Labute approximate surface area is 519 Å². The Morgan fingerprint density at radius 3 is 1.60 bits per heavy atom. The molecule has 0 saturated carbocycles. The fourth-order valence-electron chi connectivity index (χ4n) is 11.6. The Bertz CT molecular complexity index is 2720. The average Bonchev–Trinajstić information content (AvgIpc) is 4.03. The highest BCUT2D eigenvalue weighted by Gasteiger charge is 2.44. The van der Waals surface area contributed by atoms with Gasteiger partial charge in [-0.3, -0.25) is 52.7 Å². The lowest BCUT2D eigenvalue weighted by molar-refractivity contribution is -0.147. The van der Waals surface area contributed by atoms with E-state index in [2.05, 4.69) is 37.2 Å². The van der Waals surface area contributed by atoms with Crippen LogP contribution in [0.15, 0.2) is 60.7 Å². The molecule has 3 fully saturated rings. The first-order chi connectivity index (χ1) is 41.6. The van der Waals surface area contributed by atoms with Gasteiger partial charge in [0.2, 0.25) is 65.0 Å². The number of amides is 11. The van der Waals surface area contributed by atoms with Crippen molar-refractivity contribution in [1.29, 1.82) is 0 Å². The first-order valence-electron chi connectivity index (χ1n) is 31.6. The second kappa shape index (κ2) is 33.8. The van der Waals surface area contributed by atoms with Gasteiger partial charge in [0.15, 0.2) is 0 Å². The van der Waals surface area contributed by atoms with Crippen molar-refractivity contribution >= 4 is 65.0 Å². The molecule has 12 atom stereocenters. The lowest BCUT2D eigenvalue weighted by Gasteiger charge is -2.36. The maximum absolute atomic E-state index is 15.3. The van der Waals surface area contributed by atoms with E-state index in [1.54, 1.807) is 80.3 Å². The number of rotatable bonds is 14. The molecular weight excluding hydrogens is 1130 g/mol. The van der Waals surface area contributed by atoms with Crippen LogP contribution in [0.3, 0.4) is 0 Å². The molecule has 2 aromatic carbocycles. The molecule has 11 amide bonds. The fraction of sp³-hybridized carbons (Fsp3) is 0.646. The molecule has 0 spiro atoms. The summed E-state index contributed by atoms with van der Waals surface area (Å²) in [5.74, 6) is -8.96. The van der Waals surface area contributed by atoms with Crippen LogP contribution in [0.4, 0.5) is 0 Å². The molecule has 23 heteroatoms. The number of aliphatic hydroxyl groups excluding tert-OH is 1. The summed E-state index contributed by atoms with van der Waals surface area (Å²) in [5, 5.41) is 30.4. The van der Waals surface area contributed by atoms with E-state index in [0.717, 1.165) is 6.42 Å². The van der Waals surface area contributed by atoms with Crippen LogP contribution >= 0.6 is 0 Å². The Morgan fingerprint density at radius 2 is 1.03 bits per heavy atom. The molecule has 8 N–H and O–H groups in total. The molecule has 0 bridgehead atoms. The van der Waals surface area contributed by atoms with Crippen LogP contribution in [-0.4, -0.2) is 190 Å². The van der Waals surface area contributed by atoms with Gasteiger partial charge in [-0.05, 0) is 100 Å². The van der Waals surface area contributed by atoms with Crippen molar-refractivity contribution in [2.24, 2.45) is 23.7 Å². The standard InChI is InChI=1S/C65H99N11O12/c1-13-41(8)54-65(88)76-31-23-28-50(76)58(81)72-55(43(10)77)61(84)67-46(32-38(2)3)57(80)69-49(64(87)75-29-21-16-22-30-75)37-53(78)66-42(9)56(79)68-47(33-39(4)5)62(85)73(11)51(34-40(6)7)59(82)70-48(35-44-24-17-14-18-25-44)63(86)74(12)52(60(83)71-54)36-45-26-19-15-20-27-45/h14-15,17-20,24-27,38-43,46-52,54-55,77H,13,16,21-23,28-37H2,1-12H3,(H,66,78)(H,67,84)(H,68,79)(H,69,80)(H,70,82)(H,71,83)(H,72,81)/t41-,42-,43+,46-,47-,48-,49-,50-,51-,52-,54-,55-/m0/s1. The molecule has 5 rings (SSSR count). The molecule has 88 heavy (non-hydrogen) atoms. The highest BCUT2D eigenvalue weighted by atomic mass is 16.3. The van der Waals surface area contributed by atoms with Crippen molar-refractivity contribution in [3.05, 3.63) is 71.8 Å². The van der Waals surface area contributed by atoms with Gasteiger partial charge in [0.25, 0.3) is 0 Å². The highest BCUT2D eigenvalue weighted by Crippen LogP contribution is 2.24. The predicted molar refractivity (Wildman–Crippen MR) is 332 cm³/mol. The molecule has 3 aliphatic rings. The van der Waals surface area contributed by atoms with Crippen molar-refractivity contribution in [2.45, 2.75) is 213 Å². The van der Waals surface area contributed by atoms with Crippen LogP contribution in [0, 0.1) is 23.7 Å². The van der Waals surface area contributed by atoms with E-state index in [1.807, 2.05) is 40.7 Å². The number of hydrogen-bond acceptors (Lipinski definition) is 12. The Morgan fingerprint density at radius 1 is 0.523 bits per heavy atom. The summed E-state index contributed by atoms with van der Waals surface area (Å²) in [7, 11) is 2.90. The molecule has 2 aromatic rings. The van der Waals surface area contributed by atoms with Gasteiger partial charge < -0.3 is 61.9 Å². The van der Waals surface area contributed by atoms with Gasteiger partial charge in [0, 0.05) is 46.6 Å². The van der Waals surface area contributed by atoms with E-state index in [4.69, 9.17) is 0 Å². The van der Waals surface area contributed by atoms with Gasteiger partial charge in [-0.25, -0.2) is 0 Å². The van der Waals surface area contributed by atoms with Gasteiger partial charge in [0.05, 0.1) is 12.5 Å². The number of likely N-dealkylation sites (tertiary alicyclic amines) is 1. The molecule has 0 radical (unpaired) electrons. The van der Waals surface area contributed by atoms with Crippen molar-refractivity contribution in [1.82, 2.24) is 56.8 Å². The SMILES string of the molecule is CC[C@H](C)[C@@H]1NC(=O)[C@H](Cc2ccccc2)N(C)C(=O)[C@H](Cc2ccccc2)NC(=O)[C@H](CC(C)C)N(C)C(=O)[C@H](CC(C)C)NC(=O)[C@H](C)NC(=O)C[C@@H](C(=O)N2CCCCC2)NC(=O)[C@H](CC(C)C)NC(=O)[C@H]([C@@H](C)O)NC(=O)[C@@H]2CCCN2C1=O. The molecular formula is C65H99N11O12. The summed E-state index contributed by atoms with van der Waals surface area (Å²) >= 11 is 0. The lowest BCUT2D eigenvalue weighted by Crippen LogP contribution is -2.62. The number of nitrogens with zero attached hydrogens (tertiary/aromatic N) is 4. The normalized spacial score (nSPS) is 26.9. The number of likely N-dealkylation sites (N-methyl/N-ethyl adjacent to an activating group) is 2. The van der Waals surface area contributed by atoms with Gasteiger partial charge in [-0.1, -0.05) is 122 Å². The van der Waals surface area contributed by atoms with Crippen LogP contribution in [0.2, 0.25) is 0 Å². The second-order valence-electron chi connectivity index (χ2n) is 25.6. The number of carbonyl (C=O) groups excluding carboxylic acids is 11. The molecule has 3 aliphatic heterocycles. The zero-order valence-corrected chi connectivity index (χ0v) is 53.8. The van der Waals surface area contributed by atoms with Crippen LogP contribution < -0.4 is 37.2 Å². The predicted octanol–water partition coefficient (Wildman–Crippen LogP) is 2.51. The third kappa shape index (κ3) is 20.3. The van der Waals surface area contributed by atoms with Crippen LogP contribution in [0.25, 0.3) is 0 Å². The van der Waals surface area contributed by atoms with Crippen LogP contribution in [0.5, 0.6) is 0 Å². The quantitative estimate of drug-likeness (QED) is 0.135. The second-order valence-corrected chi connectivity index (χ2v) is 25.6. The van der Waals surface area contributed by atoms with E-state index in [-0.39, 0.29) is 62.8 Å². The van der Waals surface area contributed by atoms with Gasteiger partial charge in [-0.2, -0.15) is 0 Å². The number of benzene rings is 2. The summed E-state index contributed by atoms with van der Waals surface area (Å²) in [6, 6.07) is 4.84. The Balaban J connectivity index is 1.63. The van der Waals surface area contributed by atoms with Crippen molar-refractivity contribution < 1.29 is 57.8 Å². The molecule has 23 nitrogen and oxygen atoms in total. The third-order valence-corrected chi connectivity index (χ3v) is 16.9. The van der Waals surface area contributed by atoms with E-state index >= 15 is 19.2 Å². The van der Waals surface area contributed by atoms with Crippen LogP contribution in [-0.2, 0) is 65.6 Å². The molecule has 0 unspecified atom stereocenters. The fourth-order valence-corrected chi connectivity index (χ4v) is 11.6. The minimum atomic E-state index is -1.65. The molecule has 3 heterocycles. The van der Waals surface area contributed by atoms with Crippen molar-refractivity contribution in [3.8, 4) is 0 Å². The lowest BCUT2D eigenvalue weighted by atomic mass is 9.95. The number of carbonyl (C=O) groups is 11. The first-order valence-corrected chi connectivity index (χ1v) is 31.6. The Kier molecular flexibility index (Phi) is 27.4. The van der Waals surface area contributed by atoms with Gasteiger partial charge in [0.1, 0.15) is 60.4 Å². The largest absolute Gasteiger partial charge is 0.391 e. The maximum atomic E-state index is 15.3. The van der Waals surface area contributed by atoms with E-state index in [1.165, 1.54) is 42.6 Å². The molecule has 486 valence electrons. The summed E-state index contributed by atoms with van der Waals surface area (Å²) < 4.78 is 0. The third-order valence-electron chi connectivity index (χ3n) is 16.9. The number of fused-ring (bicyclic) bond motifs is 1. The monoisotopic (exact) mass is 1230 g/mol. The maximum Gasteiger partial charge on any atom is 0.246 e. The number of hydrogen-bond donors (Lipinski definition) is 8. The molecule has 0 aliphatic carbocycles. The number of nitrogens with one attached hydrogen (secondary N) is 7. The summed E-state index contributed by atoms with van der Waals surface area (Å²) in [6.45, 7) is 18.2. The zero-order valence-electron chi connectivity index (χ0n) is 53.8. The average molecular weight is 1230 g/mol. The minimum Gasteiger partial charge on any atom is -0.391 e. The first kappa shape index (κ1) is 71.3. The summed E-state index contributed by atoms with van der Waals surface area (Å²) in [6.07, 6.45) is 1.27. The molecule has 3 saturated heterocycles. The van der Waals surface area contributed by atoms with E-state index in [9.17, 15) is 38.7 Å². The van der Waals surface area contributed by atoms with Gasteiger partial charge in [-0.15, -0.1) is 0 Å². The van der Waals surface area contributed by atoms with Crippen molar-refractivity contribution in [3.63, 3.8) is 0 Å². The zero-order chi connectivity index (χ0) is 65.1. The highest BCUT2D eigenvalue weighted by molar-refractivity contribution is 6.00. The van der Waals surface area contributed by atoms with E-state index in [0.29, 0.717) is 49.9 Å². The Hall–Kier alpha value is -7.43. The van der Waals surface area contributed by atoms with Gasteiger partial charge >= 0.3 is 0 Å². The smallest absolute Gasteiger partial charge is 0.246 e. The minimum absolute atomic E-state index is 0.0185.